The Morgan fingerprint density at radius 1 is 1.48 bits per heavy atom. The van der Waals surface area contributed by atoms with E-state index in [1.165, 1.54) is 12.1 Å². The average Bonchev–Trinajstić information content (AvgIpc) is 3.10. The van der Waals surface area contributed by atoms with Gasteiger partial charge in [-0.15, -0.1) is 11.5 Å². The molecule has 0 saturated carbocycles. The SMILES string of the molecule is C#CCn1c(=NC(=O)c2snnc2C)sc2cc(S(N)(=O)=O)ccc21. The van der Waals surface area contributed by atoms with Crippen LogP contribution in [-0.2, 0) is 16.6 Å². The Balaban J connectivity index is 2.22. The van der Waals surface area contributed by atoms with E-state index in [1.54, 1.807) is 17.6 Å². The van der Waals surface area contributed by atoms with Gasteiger partial charge in [0.25, 0.3) is 5.91 Å². The van der Waals surface area contributed by atoms with Gasteiger partial charge in [0, 0.05) is 0 Å². The lowest BCUT2D eigenvalue weighted by atomic mass is 10.3. The summed E-state index contributed by atoms with van der Waals surface area (Å²) in [6.07, 6.45) is 5.40. The summed E-state index contributed by atoms with van der Waals surface area (Å²) in [7, 11) is -3.83. The zero-order valence-electron chi connectivity index (χ0n) is 12.8. The predicted octanol–water partition coefficient (Wildman–Crippen LogP) is 0.884. The number of hydrogen-bond acceptors (Lipinski definition) is 7. The number of aromatic nitrogens is 3. The molecule has 2 aromatic heterocycles. The Morgan fingerprint density at radius 3 is 2.84 bits per heavy atom. The standard InChI is InChI=1S/C14H11N5O3S3/c1-3-6-19-10-5-4-9(25(15,21)22)7-11(10)23-14(19)16-13(20)12-8(2)17-18-24-12/h1,4-5,7H,6H2,2H3,(H2,15,21,22). The maximum absolute atomic E-state index is 12.3. The average molecular weight is 393 g/mol. The summed E-state index contributed by atoms with van der Waals surface area (Å²) in [4.78, 5) is 17.1. The van der Waals surface area contributed by atoms with Crippen molar-refractivity contribution in [3.63, 3.8) is 0 Å². The van der Waals surface area contributed by atoms with Gasteiger partial charge < -0.3 is 4.57 Å². The molecule has 0 aliphatic carbocycles. The Kier molecular flexibility index (Phi) is 4.53. The van der Waals surface area contributed by atoms with Gasteiger partial charge in [-0.3, -0.25) is 4.79 Å². The first-order valence-electron chi connectivity index (χ1n) is 6.79. The molecule has 0 bridgehead atoms. The molecule has 11 heteroatoms. The number of terminal acetylenes is 1. The third-order valence-electron chi connectivity index (χ3n) is 3.28. The van der Waals surface area contributed by atoms with Crippen LogP contribution in [0.4, 0.5) is 0 Å². The number of aryl methyl sites for hydroxylation is 1. The van der Waals surface area contributed by atoms with Crippen LogP contribution in [0.15, 0.2) is 28.1 Å². The molecule has 0 aliphatic rings. The minimum absolute atomic E-state index is 0.0190. The lowest BCUT2D eigenvalue weighted by Crippen LogP contribution is -2.16. The highest BCUT2D eigenvalue weighted by molar-refractivity contribution is 7.89. The lowest BCUT2D eigenvalue weighted by Gasteiger charge is -2.01. The van der Waals surface area contributed by atoms with Crippen LogP contribution in [0, 0.1) is 19.3 Å². The molecule has 3 rings (SSSR count). The third kappa shape index (κ3) is 3.38. The van der Waals surface area contributed by atoms with Crippen molar-refractivity contribution in [2.24, 2.45) is 10.1 Å². The van der Waals surface area contributed by atoms with Gasteiger partial charge in [0.15, 0.2) is 4.80 Å². The van der Waals surface area contributed by atoms with Crippen molar-refractivity contribution >= 4 is 49.0 Å². The van der Waals surface area contributed by atoms with Crippen LogP contribution in [0.1, 0.15) is 15.4 Å². The molecule has 0 fully saturated rings. The first-order valence-corrected chi connectivity index (χ1v) is 9.92. The minimum atomic E-state index is -3.83. The number of primary sulfonamides is 1. The van der Waals surface area contributed by atoms with Crippen LogP contribution in [0.25, 0.3) is 10.2 Å². The van der Waals surface area contributed by atoms with Crippen LogP contribution in [0.2, 0.25) is 0 Å². The fourth-order valence-electron chi connectivity index (χ4n) is 2.13. The fraction of sp³-hybridized carbons (Fsp3) is 0.143. The van der Waals surface area contributed by atoms with Gasteiger partial charge in [0.05, 0.1) is 27.4 Å². The number of fused-ring (bicyclic) bond motifs is 1. The molecule has 1 amide bonds. The van der Waals surface area contributed by atoms with Gasteiger partial charge in [-0.05, 0) is 36.7 Å². The molecular weight excluding hydrogens is 382 g/mol. The van der Waals surface area contributed by atoms with Crippen LogP contribution < -0.4 is 9.94 Å². The van der Waals surface area contributed by atoms with E-state index in [9.17, 15) is 13.2 Å². The first kappa shape index (κ1) is 17.4. The molecule has 0 unspecified atom stereocenters. The quantitative estimate of drug-likeness (QED) is 0.663. The molecule has 0 radical (unpaired) electrons. The number of rotatable bonds is 3. The number of thiazole rings is 1. The maximum Gasteiger partial charge on any atom is 0.293 e. The number of nitrogens with two attached hydrogens (primary N) is 1. The van der Waals surface area contributed by atoms with Crippen LogP contribution in [0.3, 0.4) is 0 Å². The number of carbonyl (C=O) groups excluding carboxylic acids is 1. The third-order valence-corrected chi connectivity index (χ3v) is 6.04. The Labute approximate surface area is 150 Å². The van der Waals surface area contributed by atoms with Crippen LogP contribution in [-0.4, -0.2) is 28.5 Å². The number of sulfonamides is 1. The smallest absolute Gasteiger partial charge is 0.293 e. The molecule has 8 nitrogen and oxygen atoms in total. The summed E-state index contributed by atoms with van der Waals surface area (Å²) in [5.41, 5.74) is 1.17. The highest BCUT2D eigenvalue weighted by Gasteiger charge is 2.15. The molecule has 25 heavy (non-hydrogen) atoms. The number of hydrogen-bond donors (Lipinski definition) is 1. The number of nitrogens with zero attached hydrogens (tertiary/aromatic N) is 4. The van der Waals surface area contributed by atoms with E-state index in [4.69, 9.17) is 11.6 Å². The van der Waals surface area contributed by atoms with E-state index >= 15 is 0 Å². The topological polar surface area (TPSA) is 120 Å². The highest BCUT2D eigenvalue weighted by Crippen LogP contribution is 2.21. The fourth-order valence-corrected chi connectivity index (χ4v) is 4.35. The summed E-state index contributed by atoms with van der Waals surface area (Å²) in [5, 5.41) is 8.95. The second kappa shape index (κ2) is 6.49. The molecule has 1 aromatic carbocycles. The molecule has 2 heterocycles. The molecule has 3 aromatic rings. The van der Waals surface area contributed by atoms with Crippen molar-refractivity contribution < 1.29 is 13.2 Å². The number of carbonyl (C=O) groups is 1. The van der Waals surface area contributed by atoms with Gasteiger partial charge in [-0.1, -0.05) is 21.7 Å². The Bertz CT molecular complexity index is 1190. The first-order chi connectivity index (χ1) is 11.8. The number of benzene rings is 1. The molecule has 0 aliphatic heterocycles. The second-order valence-corrected chi connectivity index (χ2v) is 8.28. The van der Waals surface area contributed by atoms with Crippen molar-refractivity contribution in [1.29, 1.82) is 0 Å². The molecule has 2 N–H and O–H groups in total. The van der Waals surface area contributed by atoms with E-state index in [0.717, 1.165) is 22.9 Å². The highest BCUT2D eigenvalue weighted by atomic mass is 32.2. The molecule has 128 valence electrons. The zero-order chi connectivity index (χ0) is 18.2. The van der Waals surface area contributed by atoms with E-state index in [-0.39, 0.29) is 11.4 Å². The Morgan fingerprint density at radius 2 is 2.24 bits per heavy atom. The van der Waals surface area contributed by atoms with Crippen LogP contribution in [0.5, 0.6) is 0 Å². The monoisotopic (exact) mass is 393 g/mol. The van der Waals surface area contributed by atoms with Gasteiger partial charge in [0.2, 0.25) is 10.0 Å². The van der Waals surface area contributed by atoms with Gasteiger partial charge in [-0.2, -0.15) is 4.99 Å². The number of amides is 1. The zero-order valence-corrected chi connectivity index (χ0v) is 15.3. The van der Waals surface area contributed by atoms with Gasteiger partial charge in [-0.25, -0.2) is 13.6 Å². The summed E-state index contributed by atoms with van der Waals surface area (Å²) in [5.74, 6) is 2.02. The van der Waals surface area contributed by atoms with E-state index in [0.29, 0.717) is 25.6 Å². The van der Waals surface area contributed by atoms with E-state index < -0.39 is 15.9 Å². The predicted molar refractivity (Wildman–Crippen MR) is 94.6 cm³/mol. The molecule has 0 spiro atoms. The molecular formula is C14H11N5O3S3. The summed E-state index contributed by atoms with van der Waals surface area (Å²) in [6, 6.07) is 4.41. The van der Waals surface area contributed by atoms with E-state index in [1.807, 2.05) is 0 Å². The summed E-state index contributed by atoms with van der Waals surface area (Å²) < 4.78 is 29.0. The van der Waals surface area contributed by atoms with E-state index in [2.05, 4.69) is 20.5 Å². The molecule has 0 atom stereocenters. The maximum atomic E-state index is 12.3. The second-order valence-electron chi connectivity index (χ2n) is 4.95. The van der Waals surface area contributed by atoms with Crippen molar-refractivity contribution in [2.75, 3.05) is 0 Å². The van der Waals surface area contributed by atoms with Gasteiger partial charge in [0.1, 0.15) is 4.88 Å². The van der Waals surface area contributed by atoms with Crippen LogP contribution >= 0.6 is 22.9 Å². The van der Waals surface area contributed by atoms with Crippen molar-refractivity contribution in [1.82, 2.24) is 14.2 Å². The van der Waals surface area contributed by atoms with Gasteiger partial charge >= 0.3 is 0 Å². The van der Waals surface area contributed by atoms with Crippen molar-refractivity contribution in [3.05, 3.63) is 33.6 Å². The summed E-state index contributed by atoms with van der Waals surface area (Å²) >= 11 is 2.11. The normalized spacial score (nSPS) is 12.4. The lowest BCUT2D eigenvalue weighted by molar-refractivity contribution is 0.100. The molecule has 0 saturated heterocycles. The summed E-state index contributed by atoms with van der Waals surface area (Å²) in [6.45, 7) is 1.85. The Hall–Kier alpha value is -2.39. The van der Waals surface area contributed by atoms with Crippen molar-refractivity contribution in [3.8, 4) is 12.3 Å². The largest absolute Gasteiger partial charge is 0.305 e. The minimum Gasteiger partial charge on any atom is -0.305 e. The van der Waals surface area contributed by atoms with Crippen molar-refractivity contribution in [2.45, 2.75) is 18.4 Å².